The van der Waals surface area contributed by atoms with Crippen molar-refractivity contribution in [2.75, 3.05) is 15.1 Å². The topological polar surface area (TPSA) is 27.7 Å². The van der Waals surface area contributed by atoms with Crippen molar-refractivity contribution < 1.29 is 4.74 Å². The summed E-state index contributed by atoms with van der Waals surface area (Å²) in [7, 11) is 0. The lowest BCUT2D eigenvalue weighted by Gasteiger charge is -2.36. The SMILES string of the molecule is C/C1=C\C(N(C2=CC=C3CC32)c2cc(-c3ccccc3)cc(-c3ccccc3)c2)=C/C(C)N(c2ccc(Nc3ccccc3Oc3ccccc3)cc2)c2ccccc21. The predicted molar refractivity (Wildman–Crippen MR) is 247 cm³/mol. The lowest BCUT2D eigenvalue weighted by molar-refractivity contribution is 0.485. The van der Waals surface area contributed by atoms with Crippen molar-refractivity contribution in [1.29, 1.82) is 0 Å². The summed E-state index contributed by atoms with van der Waals surface area (Å²) in [5, 5.41) is 3.61. The van der Waals surface area contributed by atoms with E-state index in [1.54, 1.807) is 0 Å². The zero-order valence-electron chi connectivity index (χ0n) is 33.3. The van der Waals surface area contributed by atoms with Crippen molar-refractivity contribution in [2.24, 2.45) is 5.92 Å². The van der Waals surface area contributed by atoms with Gasteiger partial charge < -0.3 is 19.9 Å². The Kier molecular flexibility index (Phi) is 9.52. The molecule has 0 radical (unpaired) electrons. The zero-order valence-corrected chi connectivity index (χ0v) is 33.3. The summed E-state index contributed by atoms with van der Waals surface area (Å²) in [5.74, 6) is 2.02. The van der Waals surface area contributed by atoms with E-state index in [0.29, 0.717) is 5.92 Å². The van der Waals surface area contributed by atoms with E-state index in [0.717, 1.165) is 40.7 Å². The molecule has 10 rings (SSSR count). The minimum atomic E-state index is 0.0105. The first-order valence-electron chi connectivity index (χ1n) is 20.5. The Morgan fingerprint density at radius 2 is 1.25 bits per heavy atom. The van der Waals surface area contributed by atoms with Crippen LogP contribution in [0.25, 0.3) is 27.8 Å². The Balaban J connectivity index is 1.05. The van der Waals surface area contributed by atoms with Crippen molar-refractivity contribution >= 4 is 34.0 Å². The quantitative estimate of drug-likeness (QED) is 0.150. The third-order valence-corrected chi connectivity index (χ3v) is 11.5. The molecule has 3 aliphatic rings. The Bertz CT molecular complexity index is 2710. The number of benzene rings is 7. The van der Waals surface area contributed by atoms with E-state index in [-0.39, 0.29) is 6.04 Å². The molecule has 7 aromatic rings. The first-order valence-corrected chi connectivity index (χ1v) is 20.5. The Hall–Kier alpha value is -7.30. The number of anilines is 5. The number of ether oxygens (including phenoxy) is 1. The van der Waals surface area contributed by atoms with Crippen LogP contribution >= 0.6 is 0 Å². The highest BCUT2D eigenvalue weighted by Gasteiger charge is 2.40. The summed E-state index contributed by atoms with van der Waals surface area (Å²) >= 11 is 0. The van der Waals surface area contributed by atoms with Crippen LogP contribution in [0, 0.1) is 5.92 Å². The van der Waals surface area contributed by atoms with Crippen molar-refractivity contribution in [3.05, 3.63) is 229 Å². The molecule has 0 aromatic heterocycles. The highest BCUT2D eigenvalue weighted by molar-refractivity contribution is 5.86. The van der Waals surface area contributed by atoms with Crippen LogP contribution in [-0.2, 0) is 0 Å². The average molecular weight is 764 g/mol. The molecule has 1 heterocycles. The van der Waals surface area contributed by atoms with E-state index in [1.807, 2.05) is 54.6 Å². The maximum Gasteiger partial charge on any atom is 0.150 e. The third kappa shape index (κ3) is 7.37. The predicted octanol–water partition coefficient (Wildman–Crippen LogP) is 14.7. The molecule has 1 aliphatic heterocycles. The van der Waals surface area contributed by atoms with Crippen LogP contribution < -0.4 is 19.9 Å². The van der Waals surface area contributed by atoms with Gasteiger partial charge in [0.25, 0.3) is 0 Å². The van der Waals surface area contributed by atoms with Crippen molar-refractivity contribution in [3.8, 4) is 33.8 Å². The number of fused-ring (bicyclic) bond motifs is 2. The van der Waals surface area contributed by atoms with Gasteiger partial charge in [0.05, 0.1) is 11.7 Å². The summed E-state index contributed by atoms with van der Waals surface area (Å²) in [4.78, 5) is 5.01. The number of para-hydroxylation sites is 4. The maximum absolute atomic E-state index is 6.26. The fourth-order valence-electron chi connectivity index (χ4n) is 8.53. The molecule has 1 N–H and O–H groups in total. The molecule has 2 atom stereocenters. The van der Waals surface area contributed by atoms with Gasteiger partial charge in [0.2, 0.25) is 0 Å². The van der Waals surface area contributed by atoms with Gasteiger partial charge in [-0.25, -0.2) is 0 Å². The molecule has 4 heteroatoms. The molecular formula is C55H45N3O. The number of hydrogen-bond acceptors (Lipinski definition) is 4. The van der Waals surface area contributed by atoms with Crippen LogP contribution in [0.3, 0.4) is 0 Å². The normalized spacial score (nSPS) is 18.4. The number of nitrogens with one attached hydrogen (secondary N) is 1. The first-order chi connectivity index (χ1) is 29.1. The van der Waals surface area contributed by atoms with E-state index < -0.39 is 0 Å². The molecule has 59 heavy (non-hydrogen) atoms. The molecule has 0 saturated heterocycles. The minimum Gasteiger partial charge on any atom is -0.455 e. The van der Waals surface area contributed by atoms with Crippen molar-refractivity contribution in [1.82, 2.24) is 0 Å². The van der Waals surface area contributed by atoms with Crippen LogP contribution in [0.4, 0.5) is 28.4 Å². The number of rotatable bonds is 10. The van der Waals surface area contributed by atoms with Crippen LogP contribution in [0.15, 0.2) is 223 Å². The first kappa shape index (κ1) is 36.1. The summed E-state index contributed by atoms with van der Waals surface area (Å²) in [5.41, 5.74) is 16.6. The molecule has 4 nitrogen and oxygen atoms in total. The number of allylic oxidation sites excluding steroid dienone is 5. The molecule has 2 aliphatic carbocycles. The smallest absolute Gasteiger partial charge is 0.150 e. The van der Waals surface area contributed by atoms with Crippen LogP contribution in [-0.4, -0.2) is 6.04 Å². The van der Waals surface area contributed by atoms with Gasteiger partial charge in [-0.05, 0) is 139 Å². The van der Waals surface area contributed by atoms with Crippen molar-refractivity contribution in [3.63, 3.8) is 0 Å². The Morgan fingerprint density at radius 1 is 0.627 bits per heavy atom. The highest BCUT2D eigenvalue weighted by atomic mass is 16.5. The van der Waals surface area contributed by atoms with Gasteiger partial charge in [0.15, 0.2) is 5.75 Å². The van der Waals surface area contributed by atoms with Gasteiger partial charge in [0.1, 0.15) is 5.75 Å². The molecule has 0 amide bonds. The van der Waals surface area contributed by atoms with Crippen LogP contribution in [0.1, 0.15) is 25.8 Å². The summed E-state index contributed by atoms with van der Waals surface area (Å²) in [6, 6.07) is 64.1. The van der Waals surface area contributed by atoms with Gasteiger partial charge in [-0.3, -0.25) is 0 Å². The monoisotopic (exact) mass is 763 g/mol. The summed E-state index contributed by atoms with van der Waals surface area (Å²) in [6.45, 7) is 4.56. The van der Waals surface area contributed by atoms with E-state index >= 15 is 0 Å². The number of nitrogens with zero attached hydrogens (tertiary/aromatic N) is 2. The highest BCUT2D eigenvalue weighted by Crippen LogP contribution is 2.52. The van der Waals surface area contributed by atoms with Crippen LogP contribution in [0.2, 0.25) is 0 Å². The molecule has 0 bridgehead atoms. The third-order valence-electron chi connectivity index (χ3n) is 11.5. The van der Waals surface area contributed by atoms with Gasteiger partial charge in [-0.1, -0.05) is 121 Å². The minimum absolute atomic E-state index is 0.0105. The standard InChI is InChI=1S/C55H45N3O/c1-38-32-47(58(54-31-26-42-37-51(42)54)48-35-43(40-16-6-3-7-17-40)34-44(36-48)41-18-8-4-9-19-41)33-39(2)57(53-24-14-12-22-50(38)53)46-29-27-45(28-30-46)56-52-23-13-15-25-55(52)59-49-20-10-5-11-21-49/h3-36,39,51,56H,37H2,1-2H3/b38-32+,47-33+. The lowest BCUT2D eigenvalue weighted by Crippen LogP contribution is -2.31. The fourth-order valence-corrected chi connectivity index (χ4v) is 8.53. The zero-order chi connectivity index (χ0) is 39.7. The summed E-state index contributed by atoms with van der Waals surface area (Å²) < 4.78 is 6.26. The largest absolute Gasteiger partial charge is 0.455 e. The second kappa shape index (κ2) is 15.6. The van der Waals surface area contributed by atoms with Gasteiger partial charge in [0, 0.05) is 45.6 Å². The second-order valence-electron chi connectivity index (χ2n) is 15.6. The van der Waals surface area contributed by atoms with Crippen molar-refractivity contribution in [2.45, 2.75) is 26.3 Å². The summed E-state index contributed by atoms with van der Waals surface area (Å²) in [6.07, 6.45) is 10.6. The van der Waals surface area contributed by atoms with Gasteiger partial charge in [-0.15, -0.1) is 0 Å². The molecule has 1 fully saturated rings. The molecule has 286 valence electrons. The molecule has 2 unspecified atom stereocenters. The fraction of sp³-hybridized carbons (Fsp3) is 0.0909. The maximum atomic E-state index is 6.26. The van der Waals surface area contributed by atoms with E-state index in [9.17, 15) is 0 Å². The molecule has 0 spiro atoms. The molecule has 1 saturated carbocycles. The number of hydrogen-bond donors (Lipinski definition) is 1. The van der Waals surface area contributed by atoms with E-state index in [1.165, 1.54) is 56.0 Å². The van der Waals surface area contributed by atoms with E-state index in [4.69, 9.17) is 4.74 Å². The lowest BCUT2D eigenvalue weighted by atomic mass is 9.95. The Labute approximate surface area is 347 Å². The average Bonchev–Trinajstić information content (AvgIpc) is 3.95. The molecule has 7 aromatic carbocycles. The Morgan fingerprint density at radius 3 is 1.92 bits per heavy atom. The molecular weight excluding hydrogens is 719 g/mol. The second-order valence-corrected chi connectivity index (χ2v) is 15.6. The van der Waals surface area contributed by atoms with Crippen LogP contribution in [0.5, 0.6) is 11.5 Å². The van der Waals surface area contributed by atoms with Gasteiger partial charge in [-0.2, -0.15) is 0 Å². The van der Waals surface area contributed by atoms with E-state index in [2.05, 4.69) is 181 Å². The van der Waals surface area contributed by atoms with Gasteiger partial charge >= 0.3 is 0 Å².